The monoisotopic (exact) mass is 157 g/mol. The zero-order chi connectivity index (χ0) is 8.27. The van der Waals surface area contributed by atoms with Crippen molar-refractivity contribution in [2.24, 2.45) is 0 Å². The Balaban J connectivity index is 2.93. The normalized spacial score (nSPS) is 13.0. The van der Waals surface area contributed by atoms with Crippen molar-refractivity contribution in [1.29, 1.82) is 0 Å². The van der Waals surface area contributed by atoms with Gasteiger partial charge in [-0.3, -0.25) is 4.98 Å². The van der Waals surface area contributed by atoms with Crippen LogP contribution in [0.5, 0.6) is 0 Å². The Hall–Kier alpha value is -1.00. The molecule has 0 saturated heterocycles. The summed E-state index contributed by atoms with van der Waals surface area (Å²) in [6.45, 7) is -0.520. The van der Waals surface area contributed by atoms with E-state index in [0.717, 1.165) is 0 Å². The van der Waals surface area contributed by atoms with Gasteiger partial charge >= 0.3 is 0 Å². The topological polar surface area (TPSA) is 53.4 Å². The molecule has 2 N–H and O–H groups in total. The van der Waals surface area contributed by atoms with Crippen molar-refractivity contribution in [3.8, 4) is 0 Å². The van der Waals surface area contributed by atoms with Gasteiger partial charge in [-0.1, -0.05) is 0 Å². The number of nitrogens with zero attached hydrogens (tertiary/aromatic N) is 1. The molecule has 0 amide bonds. The van der Waals surface area contributed by atoms with Crippen molar-refractivity contribution in [1.82, 2.24) is 4.98 Å². The van der Waals surface area contributed by atoms with Gasteiger partial charge in [-0.2, -0.15) is 0 Å². The molecule has 1 aromatic heterocycles. The quantitative estimate of drug-likeness (QED) is 0.646. The first-order chi connectivity index (χ1) is 5.25. The Morgan fingerprint density at radius 3 is 2.91 bits per heavy atom. The fourth-order valence-electron chi connectivity index (χ4n) is 0.730. The van der Waals surface area contributed by atoms with Crippen LogP contribution in [0.3, 0.4) is 0 Å². The van der Waals surface area contributed by atoms with Gasteiger partial charge in [0.15, 0.2) is 0 Å². The van der Waals surface area contributed by atoms with Gasteiger partial charge in [0, 0.05) is 6.20 Å². The van der Waals surface area contributed by atoms with Gasteiger partial charge < -0.3 is 10.2 Å². The minimum Gasteiger partial charge on any atom is -0.393 e. The third-order valence-corrected chi connectivity index (χ3v) is 1.28. The summed E-state index contributed by atoms with van der Waals surface area (Å²) in [6.07, 6.45) is 0.133. The highest BCUT2D eigenvalue weighted by Crippen LogP contribution is 2.11. The van der Waals surface area contributed by atoms with Crippen LogP contribution >= 0.6 is 0 Å². The molecule has 1 rings (SSSR count). The lowest BCUT2D eigenvalue weighted by Gasteiger charge is -2.05. The van der Waals surface area contributed by atoms with Crippen LogP contribution in [-0.4, -0.2) is 21.8 Å². The number of aromatic nitrogens is 1. The zero-order valence-electron chi connectivity index (χ0n) is 5.74. The highest BCUT2D eigenvalue weighted by Gasteiger charge is 2.11. The van der Waals surface area contributed by atoms with E-state index >= 15 is 0 Å². The van der Waals surface area contributed by atoms with Crippen molar-refractivity contribution in [3.05, 3.63) is 29.8 Å². The van der Waals surface area contributed by atoms with Gasteiger partial charge in [-0.25, -0.2) is 4.39 Å². The summed E-state index contributed by atoms with van der Waals surface area (Å²) in [5.41, 5.74) is -0.116. The third-order valence-electron chi connectivity index (χ3n) is 1.28. The molecule has 1 atom stereocenters. The summed E-state index contributed by atoms with van der Waals surface area (Å²) in [5.74, 6) is -0.603. The second-order valence-electron chi connectivity index (χ2n) is 2.07. The van der Waals surface area contributed by atoms with Crippen LogP contribution in [0.2, 0.25) is 0 Å². The van der Waals surface area contributed by atoms with Gasteiger partial charge in [-0.05, 0) is 12.1 Å². The highest BCUT2D eigenvalue weighted by atomic mass is 19.1. The molecule has 1 aromatic rings. The van der Waals surface area contributed by atoms with Crippen molar-refractivity contribution >= 4 is 0 Å². The standard InChI is InChI=1S/C7H8FNO2/c8-5-2-1-3-9-7(5)6(11)4-10/h1-3,6,10-11H,4H2. The average Bonchev–Trinajstić information content (AvgIpc) is 2.04. The molecule has 0 spiro atoms. The number of hydrogen-bond acceptors (Lipinski definition) is 3. The van der Waals surface area contributed by atoms with E-state index in [2.05, 4.69) is 4.98 Å². The van der Waals surface area contributed by atoms with Gasteiger partial charge in [0.25, 0.3) is 0 Å². The molecule has 0 saturated carbocycles. The molecule has 0 aliphatic rings. The van der Waals surface area contributed by atoms with Gasteiger partial charge in [-0.15, -0.1) is 0 Å². The van der Waals surface area contributed by atoms with E-state index in [9.17, 15) is 4.39 Å². The Kier molecular flexibility index (Phi) is 2.51. The molecule has 0 aromatic carbocycles. The summed E-state index contributed by atoms with van der Waals surface area (Å²) in [5, 5.41) is 17.4. The first kappa shape index (κ1) is 8.10. The SMILES string of the molecule is OCC(O)c1ncccc1F. The van der Waals surface area contributed by atoms with Crippen LogP contribution < -0.4 is 0 Å². The largest absolute Gasteiger partial charge is 0.393 e. The van der Waals surface area contributed by atoms with Crippen LogP contribution in [0.15, 0.2) is 18.3 Å². The van der Waals surface area contributed by atoms with Crippen LogP contribution in [0.25, 0.3) is 0 Å². The number of aliphatic hydroxyl groups excluding tert-OH is 2. The summed E-state index contributed by atoms with van der Waals surface area (Å²) in [6, 6.07) is 2.60. The maximum atomic E-state index is 12.7. The second-order valence-corrected chi connectivity index (χ2v) is 2.07. The molecule has 0 aliphatic carbocycles. The Labute approximate surface area is 63.1 Å². The van der Waals surface area contributed by atoms with E-state index in [0.29, 0.717) is 0 Å². The Morgan fingerprint density at radius 2 is 2.36 bits per heavy atom. The predicted molar refractivity (Wildman–Crippen MR) is 36.2 cm³/mol. The Morgan fingerprint density at radius 1 is 1.64 bits per heavy atom. The van der Waals surface area contributed by atoms with E-state index in [1.807, 2.05) is 0 Å². The third kappa shape index (κ3) is 1.72. The predicted octanol–water partition coefficient (Wildman–Crippen LogP) is 0.246. The summed E-state index contributed by atoms with van der Waals surface area (Å²) < 4.78 is 12.7. The van der Waals surface area contributed by atoms with E-state index < -0.39 is 18.5 Å². The van der Waals surface area contributed by atoms with E-state index in [1.165, 1.54) is 18.3 Å². The van der Waals surface area contributed by atoms with E-state index in [1.54, 1.807) is 0 Å². The molecule has 3 nitrogen and oxygen atoms in total. The van der Waals surface area contributed by atoms with Crippen molar-refractivity contribution < 1.29 is 14.6 Å². The van der Waals surface area contributed by atoms with Crippen molar-refractivity contribution in [3.63, 3.8) is 0 Å². The number of halogens is 1. The lowest BCUT2D eigenvalue weighted by molar-refractivity contribution is 0.0890. The molecular formula is C7H8FNO2. The number of hydrogen-bond donors (Lipinski definition) is 2. The lowest BCUT2D eigenvalue weighted by Crippen LogP contribution is -2.07. The minimum atomic E-state index is -1.23. The summed E-state index contributed by atoms with van der Waals surface area (Å²) in [7, 11) is 0. The highest BCUT2D eigenvalue weighted by molar-refractivity contribution is 5.09. The molecule has 0 fully saturated rings. The molecule has 60 valence electrons. The van der Waals surface area contributed by atoms with Crippen LogP contribution in [-0.2, 0) is 0 Å². The van der Waals surface area contributed by atoms with Crippen LogP contribution in [0.4, 0.5) is 4.39 Å². The van der Waals surface area contributed by atoms with Crippen molar-refractivity contribution in [2.75, 3.05) is 6.61 Å². The molecule has 0 bridgehead atoms. The van der Waals surface area contributed by atoms with Gasteiger partial charge in [0.05, 0.1) is 6.61 Å². The molecule has 0 radical (unpaired) electrons. The Bertz CT molecular complexity index is 242. The maximum absolute atomic E-state index is 12.7. The second kappa shape index (κ2) is 3.41. The van der Waals surface area contributed by atoms with Crippen LogP contribution in [0.1, 0.15) is 11.8 Å². The average molecular weight is 157 g/mol. The number of pyridine rings is 1. The molecular weight excluding hydrogens is 149 g/mol. The molecule has 1 heterocycles. The van der Waals surface area contributed by atoms with Gasteiger partial charge in [0.2, 0.25) is 0 Å². The minimum absolute atomic E-state index is 0.116. The number of aliphatic hydroxyl groups is 2. The summed E-state index contributed by atoms with van der Waals surface area (Å²) >= 11 is 0. The number of rotatable bonds is 2. The fourth-order valence-corrected chi connectivity index (χ4v) is 0.730. The molecule has 0 aliphatic heterocycles. The lowest BCUT2D eigenvalue weighted by atomic mass is 10.2. The maximum Gasteiger partial charge on any atom is 0.147 e. The van der Waals surface area contributed by atoms with Crippen LogP contribution in [0, 0.1) is 5.82 Å². The summed E-state index contributed by atoms with van der Waals surface area (Å²) in [4.78, 5) is 3.56. The smallest absolute Gasteiger partial charge is 0.147 e. The fraction of sp³-hybridized carbons (Fsp3) is 0.286. The van der Waals surface area contributed by atoms with Gasteiger partial charge in [0.1, 0.15) is 17.6 Å². The van der Waals surface area contributed by atoms with E-state index in [4.69, 9.17) is 10.2 Å². The first-order valence-corrected chi connectivity index (χ1v) is 3.15. The molecule has 1 unspecified atom stereocenters. The molecule has 4 heteroatoms. The first-order valence-electron chi connectivity index (χ1n) is 3.15. The molecule has 11 heavy (non-hydrogen) atoms. The van der Waals surface area contributed by atoms with Crippen molar-refractivity contribution in [2.45, 2.75) is 6.10 Å². The van der Waals surface area contributed by atoms with E-state index in [-0.39, 0.29) is 5.69 Å². The zero-order valence-corrected chi connectivity index (χ0v) is 5.74.